The van der Waals surface area contributed by atoms with Crippen LogP contribution in [0.4, 0.5) is 0 Å². The molecule has 0 aromatic carbocycles. The molecule has 1 heterocycles. The molecule has 1 aromatic heterocycles. The van der Waals surface area contributed by atoms with Gasteiger partial charge >= 0.3 is 0 Å². The molecule has 2 unspecified atom stereocenters. The normalized spacial score (nSPS) is 15.7. The summed E-state index contributed by atoms with van der Waals surface area (Å²) in [6, 6.07) is 4.64. The Morgan fingerprint density at radius 2 is 2.15 bits per heavy atom. The number of halogens is 1. The summed E-state index contributed by atoms with van der Waals surface area (Å²) in [6.07, 6.45) is 1.11. The van der Waals surface area contributed by atoms with Gasteiger partial charge in [0.05, 0.1) is 4.34 Å². The van der Waals surface area contributed by atoms with Crippen molar-refractivity contribution in [2.75, 3.05) is 7.05 Å². The van der Waals surface area contributed by atoms with E-state index >= 15 is 0 Å². The molecule has 1 N–H and O–H groups in total. The van der Waals surface area contributed by atoms with Crippen LogP contribution in [0.25, 0.3) is 0 Å². The summed E-state index contributed by atoms with van der Waals surface area (Å²) in [5.74, 6) is 0.653. The Balaban J connectivity index is 2.49. The highest BCUT2D eigenvalue weighted by Crippen LogP contribution is 2.24. The molecule has 0 aliphatic rings. The predicted molar refractivity (Wildman–Crippen MR) is 60.7 cm³/mol. The third-order valence-electron chi connectivity index (χ3n) is 2.46. The van der Waals surface area contributed by atoms with Gasteiger partial charge in [-0.05, 0) is 38.4 Å². The average molecular weight is 218 g/mol. The standard InChI is InChI=1S/C10H16ClNS/c1-7(8(2)12-3)6-9-4-5-10(11)13-9/h4-5,7-8,12H,6H2,1-3H3. The van der Waals surface area contributed by atoms with Gasteiger partial charge in [-0.2, -0.15) is 0 Å². The van der Waals surface area contributed by atoms with E-state index in [9.17, 15) is 0 Å². The van der Waals surface area contributed by atoms with Crippen LogP contribution in [-0.2, 0) is 6.42 Å². The summed E-state index contributed by atoms with van der Waals surface area (Å²) in [6.45, 7) is 4.47. The molecule has 74 valence electrons. The molecular weight excluding hydrogens is 202 g/mol. The third-order valence-corrected chi connectivity index (χ3v) is 3.71. The zero-order valence-corrected chi connectivity index (χ0v) is 9.88. The Morgan fingerprint density at radius 3 is 2.62 bits per heavy atom. The lowest BCUT2D eigenvalue weighted by molar-refractivity contribution is 0.426. The minimum Gasteiger partial charge on any atom is -0.317 e. The van der Waals surface area contributed by atoms with E-state index < -0.39 is 0 Å². The lowest BCUT2D eigenvalue weighted by Gasteiger charge is -2.18. The molecule has 13 heavy (non-hydrogen) atoms. The molecule has 0 amide bonds. The van der Waals surface area contributed by atoms with Crippen LogP contribution in [0.5, 0.6) is 0 Å². The second-order valence-corrected chi connectivity index (χ2v) is 5.26. The van der Waals surface area contributed by atoms with Crippen molar-refractivity contribution in [1.29, 1.82) is 0 Å². The Morgan fingerprint density at radius 1 is 1.46 bits per heavy atom. The molecule has 1 nitrogen and oxygen atoms in total. The van der Waals surface area contributed by atoms with Crippen molar-refractivity contribution in [1.82, 2.24) is 5.32 Å². The summed E-state index contributed by atoms with van der Waals surface area (Å²) in [5, 5.41) is 3.26. The molecule has 0 aliphatic heterocycles. The van der Waals surface area contributed by atoms with Crippen molar-refractivity contribution in [3.63, 3.8) is 0 Å². The first-order valence-corrected chi connectivity index (χ1v) is 5.74. The van der Waals surface area contributed by atoms with E-state index in [2.05, 4.69) is 25.2 Å². The zero-order valence-electron chi connectivity index (χ0n) is 8.30. The van der Waals surface area contributed by atoms with Crippen molar-refractivity contribution in [2.45, 2.75) is 26.3 Å². The van der Waals surface area contributed by atoms with Gasteiger partial charge in [0.25, 0.3) is 0 Å². The minimum atomic E-state index is 0.556. The predicted octanol–water partition coefficient (Wildman–Crippen LogP) is 3.19. The molecule has 0 fully saturated rings. The molecule has 0 radical (unpaired) electrons. The fourth-order valence-electron chi connectivity index (χ4n) is 1.24. The van der Waals surface area contributed by atoms with Crippen molar-refractivity contribution in [3.05, 3.63) is 21.3 Å². The number of rotatable bonds is 4. The number of hydrogen-bond donors (Lipinski definition) is 1. The van der Waals surface area contributed by atoms with Gasteiger partial charge in [-0.25, -0.2) is 0 Å². The summed E-state index contributed by atoms with van der Waals surface area (Å²) in [4.78, 5) is 1.37. The highest BCUT2D eigenvalue weighted by molar-refractivity contribution is 7.16. The SMILES string of the molecule is CNC(C)C(C)Cc1ccc(Cl)s1. The van der Waals surface area contributed by atoms with E-state index in [-0.39, 0.29) is 0 Å². The monoisotopic (exact) mass is 217 g/mol. The van der Waals surface area contributed by atoms with E-state index in [0.29, 0.717) is 12.0 Å². The number of hydrogen-bond acceptors (Lipinski definition) is 2. The molecule has 1 aromatic rings. The average Bonchev–Trinajstić information content (AvgIpc) is 2.49. The van der Waals surface area contributed by atoms with Gasteiger partial charge in [-0.1, -0.05) is 18.5 Å². The van der Waals surface area contributed by atoms with Crippen LogP contribution in [0, 0.1) is 5.92 Å². The van der Waals surface area contributed by atoms with E-state index in [0.717, 1.165) is 10.8 Å². The van der Waals surface area contributed by atoms with Crippen LogP contribution in [0.15, 0.2) is 12.1 Å². The van der Waals surface area contributed by atoms with Gasteiger partial charge in [-0.15, -0.1) is 11.3 Å². The van der Waals surface area contributed by atoms with Gasteiger partial charge < -0.3 is 5.32 Å². The lowest BCUT2D eigenvalue weighted by atomic mass is 9.99. The number of nitrogens with one attached hydrogen (secondary N) is 1. The van der Waals surface area contributed by atoms with Gasteiger partial charge in [-0.3, -0.25) is 0 Å². The highest BCUT2D eigenvalue weighted by Gasteiger charge is 2.11. The van der Waals surface area contributed by atoms with Crippen LogP contribution in [0.1, 0.15) is 18.7 Å². The van der Waals surface area contributed by atoms with Crippen LogP contribution < -0.4 is 5.32 Å². The molecule has 0 bridgehead atoms. The molecule has 2 atom stereocenters. The molecular formula is C10H16ClNS. The van der Waals surface area contributed by atoms with Crippen molar-refractivity contribution >= 4 is 22.9 Å². The Labute approximate surface area is 89.1 Å². The summed E-state index contributed by atoms with van der Waals surface area (Å²) in [7, 11) is 2.00. The van der Waals surface area contributed by atoms with Crippen LogP contribution in [-0.4, -0.2) is 13.1 Å². The molecule has 0 saturated heterocycles. The maximum Gasteiger partial charge on any atom is 0.0931 e. The molecule has 0 spiro atoms. The quantitative estimate of drug-likeness (QED) is 0.817. The van der Waals surface area contributed by atoms with Gasteiger partial charge in [0.1, 0.15) is 0 Å². The first-order valence-electron chi connectivity index (χ1n) is 4.55. The number of thiophene rings is 1. The molecule has 0 saturated carbocycles. The zero-order chi connectivity index (χ0) is 9.84. The second kappa shape index (κ2) is 4.99. The molecule has 0 aliphatic carbocycles. The van der Waals surface area contributed by atoms with Crippen LogP contribution in [0.3, 0.4) is 0 Å². The Bertz CT molecular complexity index is 259. The first-order chi connectivity index (χ1) is 6.13. The topological polar surface area (TPSA) is 12.0 Å². The molecule has 1 rings (SSSR count). The Hall–Kier alpha value is -0.0500. The van der Waals surface area contributed by atoms with E-state index in [1.807, 2.05) is 13.1 Å². The summed E-state index contributed by atoms with van der Waals surface area (Å²) in [5.41, 5.74) is 0. The van der Waals surface area contributed by atoms with Crippen LogP contribution >= 0.6 is 22.9 Å². The first kappa shape index (κ1) is 11.0. The van der Waals surface area contributed by atoms with Gasteiger partial charge in [0, 0.05) is 10.9 Å². The van der Waals surface area contributed by atoms with Gasteiger partial charge in [0.2, 0.25) is 0 Å². The van der Waals surface area contributed by atoms with Crippen molar-refractivity contribution < 1.29 is 0 Å². The maximum absolute atomic E-state index is 5.86. The van der Waals surface area contributed by atoms with Crippen molar-refractivity contribution in [2.24, 2.45) is 5.92 Å². The summed E-state index contributed by atoms with van der Waals surface area (Å²) < 4.78 is 0.888. The smallest absolute Gasteiger partial charge is 0.0931 e. The maximum atomic E-state index is 5.86. The van der Waals surface area contributed by atoms with E-state index in [1.54, 1.807) is 11.3 Å². The van der Waals surface area contributed by atoms with Crippen LogP contribution in [0.2, 0.25) is 4.34 Å². The highest BCUT2D eigenvalue weighted by atomic mass is 35.5. The van der Waals surface area contributed by atoms with Gasteiger partial charge in [0.15, 0.2) is 0 Å². The fraction of sp³-hybridized carbons (Fsp3) is 0.600. The fourth-order valence-corrected chi connectivity index (χ4v) is 2.47. The lowest BCUT2D eigenvalue weighted by Crippen LogP contribution is -2.29. The van der Waals surface area contributed by atoms with E-state index in [1.165, 1.54) is 4.88 Å². The van der Waals surface area contributed by atoms with E-state index in [4.69, 9.17) is 11.6 Å². The summed E-state index contributed by atoms with van der Waals surface area (Å²) >= 11 is 7.54. The third kappa shape index (κ3) is 3.29. The second-order valence-electron chi connectivity index (χ2n) is 3.46. The Kier molecular flexibility index (Phi) is 4.23. The largest absolute Gasteiger partial charge is 0.317 e. The van der Waals surface area contributed by atoms with Crippen molar-refractivity contribution in [3.8, 4) is 0 Å². The minimum absolute atomic E-state index is 0.556. The molecule has 3 heteroatoms.